The number of carbonyl (C=O) groups excluding carboxylic acids is 2. The van der Waals surface area contributed by atoms with Gasteiger partial charge in [-0.3, -0.25) is 9.59 Å². The van der Waals surface area contributed by atoms with E-state index in [-0.39, 0.29) is 17.9 Å². The standard InChI is InChI=1S/C27H27N7O2/c1-2-22(35)33-13-7-12-21(16-33)34-26-23(25(28)30-17-31-26)24(32-34)19-10-6-11-20(14-19)27(36)29-15-18-8-4-3-5-9-18/h2-6,8-11,14,17,21H,1,7,12-13,15-16H2,(H,29,36)(H2,28,30,31)/t21-/m1/s1. The predicted molar refractivity (Wildman–Crippen MR) is 138 cm³/mol. The molecule has 182 valence electrons. The van der Waals surface area contributed by atoms with Gasteiger partial charge in [0.25, 0.3) is 5.91 Å². The van der Waals surface area contributed by atoms with E-state index in [9.17, 15) is 9.59 Å². The number of benzene rings is 2. The molecule has 0 radical (unpaired) electrons. The molecular formula is C27H27N7O2. The summed E-state index contributed by atoms with van der Waals surface area (Å²) in [5, 5.41) is 8.49. The largest absolute Gasteiger partial charge is 0.383 e. The van der Waals surface area contributed by atoms with Crippen LogP contribution >= 0.6 is 0 Å². The topological polar surface area (TPSA) is 119 Å². The van der Waals surface area contributed by atoms with Gasteiger partial charge < -0.3 is 16.0 Å². The number of fused-ring (bicyclic) bond motifs is 1. The first-order valence-electron chi connectivity index (χ1n) is 11.9. The van der Waals surface area contributed by atoms with Gasteiger partial charge in [-0.25, -0.2) is 14.6 Å². The van der Waals surface area contributed by atoms with Crippen LogP contribution in [0.3, 0.4) is 0 Å². The SMILES string of the molecule is C=CC(=O)N1CCC[C@@H](n2nc(-c3cccc(C(=O)NCc4ccccc4)c3)c3c(N)ncnc32)C1. The zero-order valence-corrected chi connectivity index (χ0v) is 19.8. The Morgan fingerprint density at radius 1 is 1.14 bits per heavy atom. The van der Waals surface area contributed by atoms with Gasteiger partial charge >= 0.3 is 0 Å². The van der Waals surface area contributed by atoms with E-state index < -0.39 is 0 Å². The maximum absolute atomic E-state index is 12.9. The number of nitrogen functional groups attached to an aromatic ring is 1. The van der Waals surface area contributed by atoms with Crippen molar-refractivity contribution < 1.29 is 9.59 Å². The third-order valence-electron chi connectivity index (χ3n) is 6.44. The second-order valence-electron chi connectivity index (χ2n) is 8.78. The molecule has 36 heavy (non-hydrogen) atoms. The van der Waals surface area contributed by atoms with Crippen molar-refractivity contribution >= 4 is 28.7 Å². The molecule has 9 heteroatoms. The lowest BCUT2D eigenvalue weighted by atomic mass is 10.1. The van der Waals surface area contributed by atoms with E-state index in [1.807, 2.05) is 47.1 Å². The summed E-state index contributed by atoms with van der Waals surface area (Å²) in [5.41, 5.74) is 9.77. The summed E-state index contributed by atoms with van der Waals surface area (Å²) >= 11 is 0. The number of rotatable bonds is 6. The van der Waals surface area contributed by atoms with E-state index in [0.717, 1.165) is 24.0 Å². The van der Waals surface area contributed by atoms with Gasteiger partial charge in [-0.15, -0.1) is 0 Å². The molecule has 0 aliphatic carbocycles. The Labute approximate surface area is 208 Å². The molecule has 0 unspecified atom stereocenters. The van der Waals surface area contributed by atoms with Crippen LogP contribution in [0.15, 0.2) is 73.6 Å². The zero-order chi connectivity index (χ0) is 25.1. The van der Waals surface area contributed by atoms with E-state index in [1.54, 1.807) is 17.0 Å². The van der Waals surface area contributed by atoms with E-state index in [2.05, 4.69) is 21.9 Å². The maximum atomic E-state index is 12.9. The molecule has 0 bridgehead atoms. The van der Waals surface area contributed by atoms with Crippen LogP contribution in [-0.4, -0.2) is 49.6 Å². The van der Waals surface area contributed by atoms with E-state index in [4.69, 9.17) is 10.8 Å². The molecule has 9 nitrogen and oxygen atoms in total. The third-order valence-corrected chi connectivity index (χ3v) is 6.44. The molecule has 3 heterocycles. The van der Waals surface area contributed by atoms with Crippen molar-refractivity contribution in [2.45, 2.75) is 25.4 Å². The van der Waals surface area contributed by atoms with Gasteiger partial charge in [0.1, 0.15) is 17.8 Å². The van der Waals surface area contributed by atoms with Gasteiger partial charge in [-0.05, 0) is 36.6 Å². The number of nitrogens with one attached hydrogen (secondary N) is 1. The van der Waals surface area contributed by atoms with Gasteiger partial charge in [0, 0.05) is 30.8 Å². The van der Waals surface area contributed by atoms with Crippen LogP contribution in [0.2, 0.25) is 0 Å². The lowest BCUT2D eigenvalue weighted by molar-refractivity contribution is -0.127. The summed E-state index contributed by atoms with van der Waals surface area (Å²) in [4.78, 5) is 35.5. The lowest BCUT2D eigenvalue weighted by Crippen LogP contribution is -2.40. The first-order valence-corrected chi connectivity index (χ1v) is 11.9. The fraction of sp³-hybridized carbons (Fsp3) is 0.222. The molecular weight excluding hydrogens is 454 g/mol. The number of aromatic nitrogens is 4. The monoisotopic (exact) mass is 481 g/mol. The highest BCUT2D eigenvalue weighted by molar-refractivity contribution is 6.00. The molecule has 2 aromatic carbocycles. The predicted octanol–water partition coefficient (Wildman–Crippen LogP) is 3.36. The normalized spacial score (nSPS) is 15.6. The summed E-state index contributed by atoms with van der Waals surface area (Å²) in [7, 11) is 0. The molecule has 1 aliphatic heterocycles. The highest BCUT2D eigenvalue weighted by atomic mass is 16.2. The number of carbonyl (C=O) groups is 2. The van der Waals surface area contributed by atoms with E-state index in [1.165, 1.54) is 12.4 Å². The average molecular weight is 482 g/mol. The fourth-order valence-corrected chi connectivity index (χ4v) is 4.62. The Kier molecular flexibility index (Phi) is 6.44. The van der Waals surface area contributed by atoms with Crippen molar-refractivity contribution in [3.8, 4) is 11.3 Å². The van der Waals surface area contributed by atoms with E-state index >= 15 is 0 Å². The molecule has 3 N–H and O–H groups in total. The maximum Gasteiger partial charge on any atom is 0.251 e. The number of nitrogens with two attached hydrogens (primary N) is 1. The summed E-state index contributed by atoms with van der Waals surface area (Å²) in [5.74, 6) is 0.0364. The Morgan fingerprint density at radius 2 is 1.97 bits per heavy atom. The summed E-state index contributed by atoms with van der Waals surface area (Å²) < 4.78 is 1.84. The summed E-state index contributed by atoms with van der Waals surface area (Å²) in [6.45, 7) is 5.23. The van der Waals surface area contributed by atoms with E-state index in [0.29, 0.717) is 47.7 Å². The first-order chi connectivity index (χ1) is 17.5. The molecule has 2 amide bonds. The minimum Gasteiger partial charge on any atom is -0.383 e. The Bertz CT molecular complexity index is 1430. The first kappa shape index (κ1) is 23.2. The number of piperidine rings is 1. The van der Waals surface area contributed by atoms with Crippen LogP contribution in [0.25, 0.3) is 22.3 Å². The van der Waals surface area contributed by atoms with Gasteiger partial charge in [0.15, 0.2) is 5.65 Å². The van der Waals surface area contributed by atoms with Crippen molar-refractivity contribution in [1.82, 2.24) is 30.0 Å². The van der Waals surface area contributed by atoms with Crippen LogP contribution in [0.5, 0.6) is 0 Å². The van der Waals surface area contributed by atoms with Crippen molar-refractivity contribution in [3.05, 3.63) is 84.7 Å². The van der Waals surface area contributed by atoms with Crippen LogP contribution in [0.4, 0.5) is 5.82 Å². The highest BCUT2D eigenvalue weighted by Gasteiger charge is 2.28. The number of anilines is 1. The average Bonchev–Trinajstić information content (AvgIpc) is 3.33. The molecule has 4 aromatic rings. The highest BCUT2D eigenvalue weighted by Crippen LogP contribution is 2.34. The van der Waals surface area contributed by atoms with Gasteiger partial charge in [0.05, 0.1) is 11.4 Å². The molecule has 2 aromatic heterocycles. The fourth-order valence-electron chi connectivity index (χ4n) is 4.62. The molecule has 1 fully saturated rings. The molecule has 1 saturated heterocycles. The van der Waals surface area contributed by atoms with Crippen molar-refractivity contribution in [1.29, 1.82) is 0 Å². The second-order valence-corrected chi connectivity index (χ2v) is 8.78. The number of likely N-dealkylation sites (tertiary alicyclic amines) is 1. The number of hydrogen-bond acceptors (Lipinski definition) is 6. The molecule has 0 saturated carbocycles. The van der Waals surface area contributed by atoms with Gasteiger partial charge in [-0.2, -0.15) is 5.10 Å². The number of nitrogens with zero attached hydrogens (tertiary/aromatic N) is 5. The smallest absolute Gasteiger partial charge is 0.251 e. The lowest BCUT2D eigenvalue weighted by Gasteiger charge is -2.32. The Hall–Kier alpha value is -4.53. The van der Waals surface area contributed by atoms with Gasteiger partial charge in [-0.1, -0.05) is 49.0 Å². The zero-order valence-electron chi connectivity index (χ0n) is 19.8. The Morgan fingerprint density at radius 3 is 2.78 bits per heavy atom. The quantitative estimate of drug-likeness (QED) is 0.408. The summed E-state index contributed by atoms with van der Waals surface area (Å²) in [6, 6.07) is 17.0. The van der Waals surface area contributed by atoms with Crippen molar-refractivity contribution in [2.24, 2.45) is 0 Å². The number of hydrogen-bond donors (Lipinski definition) is 2. The minimum absolute atomic E-state index is 0.0643. The third kappa shape index (κ3) is 4.55. The van der Waals surface area contributed by atoms with Crippen molar-refractivity contribution in [3.63, 3.8) is 0 Å². The molecule has 1 atom stereocenters. The molecule has 5 rings (SSSR count). The summed E-state index contributed by atoms with van der Waals surface area (Å²) in [6.07, 6.45) is 4.45. The minimum atomic E-state index is -0.181. The van der Waals surface area contributed by atoms with Crippen LogP contribution in [-0.2, 0) is 11.3 Å². The molecule has 1 aliphatic rings. The Balaban J connectivity index is 1.48. The van der Waals surface area contributed by atoms with Crippen molar-refractivity contribution in [2.75, 3.05) is 18.8 Å². The molecule has 0 spiro atoms. The van der Waals surface area contributed by atoms with Gasteiger partial charge in [0.2, 0.25) is 5.91 Å². The van der Waals surface area contributed by atoms with Crippen LogP contribution in [0, 0.1) is 0 Å². The van der Waals surface area contributed by atoms with Crippen LogP contribution in [0.1, 0.15) is 34.8 Å². The number of amides is 2. The second kappa shape index (κ2) is 9.99. The van der Waals surface area contributed by atoms with Crippen LogP contribution < -0.4 is 11.1 Å².